The molecule has 0 unspecified atom stereocenters. The lowest BCUT2D eigenvalue weighted by molar-refractivity contribution is -0.385. The average molecular weight is 353 g/mol. The molecule has 0 atom stereocenters. The highest BCUT2D eigenvalue weighted by atomic mass is 35.5. The van der Waals surface area contributed by atoms with E-state index in [0.29, 0.717) is 31.6 Å². The summed E-state index contributed by atoms with van der Waals surface area (Å²) in [6.45, 7) is 0.911. The fourth-order valence-electron chi connectivity index (χ4n) is 2.67. The highest BCUT2D eigenvalue weighted by molar-refractivity contribution is 6.30. The third-order valence-corrected chi connectivity index (χ3v) is 4.28. The van der Waals surface area contributed by atoms with Crippen molar-refractivity contribution >= 4 is 17.3 Å². The van der Waals surface area contributed by atoms with Crippen molar-refractivity contribution in [2.75, 3.05) is 13.2 Å². The Hall–Kier alpha value is -2.25. The van der Waals surface area contributed by atoms with Crippen LogP contribution in [0.4, 0.5) is 10.1 Å². The Labute approximate surface area is 142 Å². The van der Waals surface area contributed by atoms with E-state index in [1.54, 1.807) is 6.07 Å². The molecule has 0 amide bonds. The number of rotatable bonds is 4. The fourth-order valence-corrected chi connectivity index (χ4v) is 2.79. The molecule has 2 heterocycles. The monoisotopic (exact) mass is 352 g/mol. The maximum atomic E-state index is 13.9. The van der Waals surface area contributed by atoms with Gasteiger partial charge in [0.25, 0.3) is 5.69 Å². The third-order valence-electron chi connectivity index (χ3n) is 3.98. The lowest BCUT2D eigenvalue weighted by Gasteiger charge is -2.37. The van der Waals surface area contributed by atoms with Crippen molar-refractivity contribution in [1.82, 2.24) is 4.98 Å². The van der Waals surface area contributed by atoms with Crippen LogP contribution in [0.25, 0.3) is 0 Å². The topological polar surface area (TPSA) is 74.5 Å². The molecular weight excluding hydrogens is 339 g/mol. The Balaban J connectivity index is 1.93. The predicted molar refractivity (Wildman–Crippen MR) is 84.7 cm³/mol. The van der Waals surface area contributed by atoms with Gasteiger partial charge in [-0.25, -0.2) is 9.37 Å². The molecule has 126 valence electrons. The van der Waals surface area contributed by atoms with Crippen molar-refractivity contribution in [2.24, 2.45) is 0 Å². The van der Waals surface area contributed by atoms with Gasteiger partial charge < -0.3 is 9.47 Å². The Morgan fingerprint density at radius 2 is 2.04 bits per heavy atom. The molecule has 1 fully saturated rings. The van der Waals surface area contributed by atoms with Crippen molar-refractivity contribution < 1.29 is 18.8 Å². The van der Waals surface area contributed by atoms with Crippen LogP contribution in [0, 0.1) is 15.9 Å². The van der Waals surface area contributed by atoms with Gasteiger partial charge >= 0.3 is 0 Å². The quantitative estimate of drug-likeness (QED) is 0.617. The number of nitro groups is 1. The Morgan fingerprint density at radius 3 is 2.62 bits per heavy atom. The summed E-state index contributed by atoms with van der Waals surface area (Å²) < 4.78 is 25.3. The van der Waals surface area contributed by atoms with Gasteiger partial charge in [0.15, 0.2) is 0 Å². The molecule has 0 saturated carbocycles. The first-order valence-electron chi connectivity index (χ1n) is 7.33. The van der Waals surface area contributed by atoms with E-state index in [1.807, 2.05) is 0 Å². The smallest absolute Gasteiger partial charge is 0.287 e. The van der Waals surface area contributed by atoms with Crippen molar-refractivity contribution in [3.05, 3.63) is 63.0 Å². The second-order valence-electron chi connectivity index (χ2n) is 5.45. The maximum absolute atomic E-state index is 13.9. The number of ether oxygens (including phenoxy) is 2. The Bertz CT molecular complexity index is 748. The fraction of sp³-hybridized carbons (Fsp3) is 0.312. The summed E-state index contributed by atoms with van der Waals surface area (Å²) in [6, 6.07) is 7.29. The van der Waals surface area contributed by atoms with Gasteiger partial charge in [-0.05, 0) is 17.7 Å². The number of hydrogen-bond donors (Lipinski definition) is 0. The van der Waals surface area contributed by atoms with Gasteiger partial charge in [0.05, 0.1) is 23.2 Å². The lowest BCUT2D eigenvalue weighted by atomic mass is 9.86. The van der Waals surface area contributed by atoms with Gasteiger partial charge in [0.2, 0.25) is 5.88 Å². The highest BCUT2D eigenvalue weighted by Crippen LogP contribution is 2.38. The van der Waals surface area contributed by atoms with E-state index in [2.05, 4.69) is 4.98 Å². The van der Waals surface area contributed by atoms with Crippen LogP contribution in [0.5, 0.6) is 5.88 Å². The molecule has 6 nitrogen and oxygen atoms in total. The first-order chi connectivity index (χ1) is 11.5. The van der Waals surface area contributed by atoms with E-state index in [-0.39, 0.29) is 16.6 Å². The van der Waals surface area contributed by atoms with E-state index in [1.165, 1.54) is 24.3 Å². The summed E-state index contributed by atoms with van der Waals surface area (Å²) in [5, 5.41) is 10.7. The van der Waals surface area contributed by atoms with Crippen LogP contribution in [-0.2, 0) is 10.3 Å². The number of halogens is 2. The summed E-state index contributed by atoms with van der Waals surface area (Å²) in [6.07, 6.45) is 2.14. The maximum Gasteiger partial charge on any atom is 0.287 e. The molecular formula is C16H14ClFN2O4. The highest BCUT2D eigenvalue weighted by Gasteiger charge is 2.38. The molecule has 1 aromatic heterocycles. The summed E-state index contributed by atoms with van der Waals surface area (Å²) in [4.78, 5) is 14.2. The minimum atomic E-state index is -0.813. The number of aromatic nitrogens is 1. The second kappa shape index (κ2) is 6.70. The molecule has 0 aliphatic carbocycles. The minimum absolute atomic E-state index is 0.0365. The van der Waals surface area contributed by atoms with Crippen molar-refractivity contribution in [3.8, 4) is 5.88 Å². The summed E-state index contributed by atoms with van der Waals surface area (Å²) >= 11 is 5.76. The van der Waals surface area contributed by atoms with Crippen LogP contribution < -0.4 is 4.74 Å². The molecule has 24 heavy (non-hydrogen) atoms. The van der Waals surface area contributed by atoms with Crippen LogP contribution in [0.3, 0.4) is 0 Å². The van der Waals surface area contributed by atoms with Gasteiger partial charge in [0, 0.05) is 25.0 Å². The zero-order valence-corrected chi connectivity index (χ0v) is 13.3. The summed E-state index contributed by atoms with van der Waals surface area (Å²) in [7, 11) is 0. The van der Waals surface area contributed by atoms with Crippen LogP contribution in [0.2, 0.25) is 5.02 Å². The van der Waals surface area contributed by atoms with Crippen molar-refractivity contribution in [3.63, 3.8) is 0 Å². The molecule has 1 aliphatic rings. The molecule has 0 spiro atoms. The number of benzene rings is 1. The minimum Gasteiger partial charge on any atom is -0.466 e. The Morgan fingerprint density at radius 1 is 1.29 bits per heavy atom. The molecule has 8 heteroatoms. The van der Waals surface area contributed by atoms with Crippen LogP contribution in [0.15, 0.2) is 36.5 Å². The number of pyridine rings is 1. The predicted octanol–water partition coefficient (Wildman–Crippen LogP) is 3.87. The molecule has 1 aliphatic heterocycles. The van der Waals surface area contributed by atoms with Gasteiger partial charge in [-0.15, -0.1) is 0 Å². The lowest BCUT2D eigenvalue weighted by Crippen LogP contribution is -2.39. The normalized spacial score (nSPS) is 16.6. The van der Waals surface area contributed by atoms with E-state index in [0.717, 1.165) is 6.20 Å². The molecule has 0 radical (unpaired) electrons. The third kappa shape index (κ3) is 3.32. The molecule has 1 saturated heterocycles. The molecule has 0 N–H and O–H groups in total. The number of nitrogens with zero attached hydrogens (tertiary/aromatic N) is 2. The summed E-state index contributed by atoms with van der Waals surface area (Å²) in [5.74, 6) is -0.293. The average Bonchev–Trinajstić information content (AvgIpc) is 2.58. The first-order valence-corrected chi connectivity index (χ1v) is 7.71. The summed E-state index contributed by atoms with van der Waals surface area (Å²) in [5.41, 5.74) is -0.305. The van der Waals surface area contributed by atoms with Crippen LogP contribution >= 0.6 is 11.6 Å². The van der Waals surface area contributed by atoms with Crippen LogP contribution in [0.1, 0.15) is 18.4 Å². The van der Waals surface area contributed by atoms with E-state index in [4.69, 9.17) is 21.1 Å². The molecule has 2 aromatic rings. The molecule has 3 rings (SSSR count). The largest absolute Gasteiger partial charge is 0.466 e. The van der Waals surface area contributed by atoms with E-state index in [9.17, 15) is 14.5 Å². The van der Waals surface area contributed by atoms with Gasteiger partial charge in [-0.1, -0.05) is 17.7 Å². The van der Waals surface area contributed by atoms with Gasteiger partial charge in [-0.3, -0.25) is 10.1 Å². The molecule has 1 aromatic carbocycles. The van der Waals surface area contributed by atoms with Crippen molar-refractivity contribution in [1.29, 1.82) is 0 Å². The van der Waals surface area contributed by atoms with E-state index >= 15 is 0 Å². The zero-order valence-electron chi connectivity index (χ0n) is 12.6. The zero-order chi connectivity index (χ0) is 17.2. The van der Waals surface area contributed by atoms with Gasteiger partial charge in [-0.2, -0.15) is 0 Å². The van der Waals surface area contributed by atoms with E-state index < -0.39 is 16.3 Å². The standard InChI is InChI=1S/C16H14ClFN2O4/c17-13-3-1-11(9-14(13)18)16(5-7-23-8-6-16)24-15-4-2-12(10-19-15)20(21)22/h1-4,9-10H,5-8H2. The molecule has 0 bridgehead atoms. The van der Waals surface area contributed by atoms with Gasteiger partial charge in [0.1, 0.15) is 17.6 Å². The second-order valence-corrected chi connectivity index (χ2v) is 5.86. The first kappa shape index (κ1) is 16.6. The number of hydrogen-bond acceptors (Lipinski definition) is 5. The van der Waals surface area contributed by atoms with Crippen molar-refractivity contribution in [2.45, 2.75) is 18.4 Å². The SMILES string of the molecule is O=[N+]([O-])c1ccc(OC2(c3ccc(Cl)c(F)c3)CCOCC2)nc1. The van der Waals surface area contributed by atoms with Crippen LogP contribution in [-0.4, -0.2) is 23.1 Å². The Kier molecular flexibility index (Phi) is 4.64.